The van der Waals surface area contributed by atoms with Gasteiger partial charge in [0.2, 0.25) is 0 Å². The molecule has 0 saturated carbocycles. The van der Waals surface area contributed by atoms with Gasteiger partial charge in [0.15, 0.2) is 0 Å². The lowest BCUT2D eigenvalue weighted by Crippen LogP contribution is -2.21. The molecule has 0 amide bonds. The van der Waals surface area contributed by atoms with Crippen LogP contribution in [0.1, 0.15) is 33.1 Å². The summed E-state index contributed by atoms with van der Waals surface area (Å²) >= 11 is 0. The molecule has 0 aromatic heterocycles. The summed E-state index contributed by atoms with van der Waals surface area (Å²) in [4.78, 5) is 0. The van der Waals surface area contributed by atoms with E-state index in [1.807, 2.05) is 0 Å². The van der Waals surface area contributed by atoms with Crippen molar-refractivity contribution in [2.75, 3.05) is 39.5 Å². The summed E-state index contributed by atoms with van der Waals surface area (Å²) in [6, 6.07) is 0. The van der Waals surface area contributed by atoms with Crippen LogP contribution in [0.15, 0.2) is 0 Å². The van der Waals surface area contributed by atoms with E-state index in [1.165, 1.54) is 12.8 Å². The van der Waals surface area contributed by atoms with Crippen molar-refractivity contribution in [2.24, 2.45) is 0 Å². The summed E-state index contributed by atoms with van der Waals surface area (Å²) in [5.74, 6) is 0. The van der Waals surface area contributed by atoms with Gasteiger partial charge in [0.05, 0.1) is 19.8 Å². The third kappa shape index (κ3) is 11.9. The molecule has 0 radical (unpaired) electrons. The fraction of sp³-hybridized carbons (Fsp3) is 1.00. The highest BCUT2D eigenvalue weighted by Crippen LogP contribution is 1.83. The van der Waals surface area contributed by atoms with Crippen molar-refractivity contribution in [1.82, 2.24) is 5.32 Å². The van der Waals surface area contributed by atoms with E-state index < -0.39 is 0 Å². The molecule has 3 heteroatoms. The predicted octanol–water partition coefficient (Wildman–Crippen LogP) is 1.82. The molecule has 0 spiro atoms. The van der Waals surface area contributed by atoms with Gasteiger partial charge in [-0.15, -0.1) is 0 Å². The highest BCUT2D eigenvalue weighted by Gasteiger charge is 1.89. The summed E-state index contributed by atoms with van der Waals surface area (Å²) in [6.07, 6.45) is 3.58. The van der Waals surface area contributed by atoms with Gasteiger partial charge in [0.1, 0.15) is 0 Å². The zero-order valence-corrected chi connectivity index (χ0v) is 9.68. The Kier molecular flexibility index (Phi) is 12.8. The minimum Gasteiger partial charge on any atom is -0.379 e. The van der Waals surface area contributed by atoms with Crippen LogP contribution in [0.5, 0.6) is 0 Å². The number of unbranched alkanes of at least 4 members (excludes halogenated alkanes) is 1. The van der Waals surface area contributed by atoms with Crippen molar-refractivity contribution >= 4 is 0 Å². The maximum Gasteiger partial charge on any atom is 0.0701 e. The van der Waals surface area contributed by atoms with Crippen LogP contribution in [-0.4, -0.2) is 39.5 Å². The van der Waals surface area contributed by atoms with E-state index in [2.05, 4.69) is 19.2 Å². The van der Waals surface area contributed by atoms with Crippen LogP contribution in [0.25, 0.3) is 0 Å². The Morgan fingerprint density at radius 1 is 0.786 bits per heavy atom. The van der Waals surface area contributed by atoms with Crippen molar-refractivity contribution in [3.63, 3.8) is 0 Å². The molecule has 0 unspecified atom stereocenters. The quantitative estimate of drug-likeness (QED) is 0.520. The molecule has 1 N–H and O–H groups in total. The number of ether oxygens (including phenoxy) is 2. The zero-order valence-electron chi connectivity index (χ0n) is 9.68. The Labute approximate surface area is 88.2 Å². The molecule has 0 atom stereocenters. The van der Waals surface area contributed by atoms with E-state index in [0.29, 0.717) is 0 Å². The van der Waals surface area contributed by atoms with Gasteiger partial charge in [-0.1, -0.05) is 20.3 Å². The molecule has 0 heterocycles. The average Bonchev–Trinajstić information content (AvgIpc) is 2.21. The van der Waals surface area contributed by atoms with Crippen LogP contribution in [-0.2, 0) is 9.47 Å². The van der Waals surface area contributed by atoms with Crippen LogP contribution in [0, 0.1) is 0 Å². The van der Waals surface area contributed by atoms with Gasteiger partial charge in [-0.3, -0.25) is 0 Å². The van der Waals surface area contributed by atoms with E-state index in [-0.39, 0.29) is 0 Å². The van der Waals surface area contributed by atoms with Crippen LogP contribution in [0.3, 0.4) is 0 Å². The highest BCUT2D eigenvalue weighted by atomic mass is 16.5. The number of hydrogen-bond donors (Lipinski definition) is 1. The second-order valence-electron chi connectivity index (χ2n) is 3.33. The van der Waals surface area contributed by atoms with Gasteiger partial charge >= 0.3 is 0 Å². The molecule has 0 rings (SSSR count). The molecule has 0 aromatic rings. The van der Waals surface area contributed by atoms with Crippen molar-refractivity contribution in [2.45, 2.75) is 33.1 Å². The fourth-order valence-corrected chi connectivity index (χ4v) is 1.04. The van der Waals surface area contributed by atoms with Crippen LogP contribution in [0.2, 0.25) is 0 Å². The highest BCUT2D eigenvalue weighted by molar-refractivity contribution is 4.45. The zero-order chi connectivity index (χ0) is 10.5. The van der Waals surface area contributed by atoms with Gasteiger partial charge in [-0.2, -0.15) is 0 Å². The summed E-state index contributed by atoms with van der Waals surface area (Å²) in [5, 5.41) is 3.32. The second-order valence-corrected chi connectivity index (χ2v) is 3.33. The van der Waals surface area contributed by atoms with Crippen molar-refractivity contribution < 1.29 is 9.47 Å². The van der Waals surface area contributed by atoms with Crippen LogP contribution < -0.4 is 5.32 Å². The lowest BCUT2D eigenvalue weighted by atomic mass is 10.3. The van der Waals surface area contributed by atoms with Crippen LogP contribution >= 0.6 is 0 Å². The molecular formula is C11H25NO2. The van der Waals surface area contributed by atoms with Gasteiger partial charge in [-0.25, -0.2) is 0 Å². The first-order valence-electron chi connectivity index (χ1n) is 5.78. The smallest absolute Gasteiger partial charge is 0.0701 e. The maximum absolute atomic E-state index is 5.37. The summed E-state index contributed by atoms with van der Waals surface area (Å²) in [7, 11) is 0. The standard InChI is InChI=1S/C11H25NO2/c1-3-5-6-12-7-9-14-11-10-13-8-4-2/h12H,3-11H2,1-2H3. The molecule has 0 saturated heterocycles. The Hall–Kier alpha value is -0.120. The van der Waals surface area contributed by atoms with E-state index in [9.17, 15) is 0 Å². The van der Waals surface area contributed by atoms with E-state index >= 15 is 0 Å². The summed E-state index contributed by atoms with van der Waals surface area (Å²) in [5.41, 5.74) is 0. The maximum atomic E-state index is 5.37. The Morgan fingerprint density at radius 2 is 1.50 bits per heavy atom. The molecule has 0 aromatic carbocycles. The molecule has 0 aliphatic heterocycles. The number of rotatable bonds is 11. The molecule has 0 aliphatic carbocycles. The predicted molar refractivity (Wildman–Crippen MR) is 59.7 cm³/mol. The molecule has 14 heavy (non-hydrogen) atoms. The third-order valence-electron chi connectivity index (χ3n) is 1.85. The molecule has 0 aliphatic rings. The Bertz CT molecular complexity index is 87.3. The SMILES string of the molecule is CCCCNCCOCCOCCC. The molecule has 0 fully saturated rings. The molecule has 0 bridgehead atoms. The van der Waals surface area contributed by atoms with Gasteiger partial charge in [0.25, 0.3) is 0 Å². The molecule has 86 valence electrons. The minimum absolute atomic E-state index is 0.718. The average molecular weight is 203 g/mol. The topological polar surface area (TPSA) is 30.5 Å². The van der Waals surface area contributed by atoms with E-state index in [0.717, 1.165) is 45.9 Å². The lowest BCUT2D eigenvalue weighted by molar-refractivity contribution is 0.0491. The minimum atomic E-state index is 0.718. The van der Waals surface area contributed by atoms with E-state index in [4.69, 9.17) is 9.47 Å². The van der Waals surface area contributed by atoms with Crippen molar-refractivity contribution in [3.8, 4) is 0 Å². The van der Waals surface area contributed by atoms with Gasteiger partial charge in [-0.05, 0) is 19.4 Å². The Morgan fingerprint density at radius 3 is 2.14 bits per heavy atom. The van der Waals surface area contributed by atoms with E-state index in [1.54, 1.807) is 0 Å². The number of nitrogens with one attached hydrogen (secondary N) is 1. The fourth-order valence-electron chi connectivity index (χ4n) is 1.04. The first-order chi connectivity index (χ1) is 6.91. The van der Waals surface area contributed by atoms with Gasteiger partial charge in [0, 0.05) is 13.2 Å². The van der Waals surface area contributed by atoms with Crippen molar-refractivity contribution in [1.29, 1.82) is 0 Å². The Balaban J connectivity index is 2.78. The van der Waals surface area contributed by atoms with Crippen LogP contribution in [0.4, 0.5) is 0 Å². The largest absolute Gasteiger partial charge is 0.379 e. The first kappa shape index (κ1) is 13.9. The lowest BCUT2D eigenvalue weighted by Gasteiger charge is -2.05. The normalized spacial score (nSPS) is 10.7. The molecule has 3 nitrogen and oxygen atoms in total. The third-order valence-corrected chi connectivity index (χ3v) is 1.85. The van der Waals surface area contributed by atoms with Gasteiger partial charge < -0.3 is 14.8 Å². The van der Waals surface area contributed by atoms with Crippen molar-refractivity contribution in [3.05, 3.63) is 0 Å². The number of hydrogen-bond acceptors (Lipinski definition) is 3. The first-order valence-corrected chi connectivity index (χ1v) is 5.78. The summed E-state index contributed by atoms with van der Waals surface area (Å²) < 4.78 is 10.7. The molecular weight excluding hydrogens is 178 g/mol. The monoisotopic (exact) mass is 203 g/mol. The second kappa shape index (κ2) is 12.9. The summed E-state index contributed by atoms with van der Waals surface area (Å²) in [6.45, 7) is 9.44.